The lowest BCUT2D eigenvalue weighted by atomic mass is 10.0. The van der Waals surface area contributed by atoms with Crippen molar-refractivity contribution in [1.82, 2.24) is 10.3 Å². The molecule has 0 amide bonds. The van der Waals surface area contributed by atoms with Gasteiger partial charge in [0, 0.05) is 10.6 Å². The van der Waals surface area contributed by atoms with Gasteiger partial charge in [-0.2, -0.15) is 0 Å². The molecular weight excluding hydrogens is 410 g/mol. The van der Waals surface area contributed by atoms with E-state index in [1.807, 2.05) is 48.7 Å². The van der Waals surface area contributed by atoms with E-state index in [2.05, 4.69) is 22.5 Å². The Hall–Kier alpha value is -2.16. The van der Waals surface area contributed by atoms with Crippen LogP contribution < -0.4 is 10.6 Å². The van der Waals surface area contributed by atoms with E-state index in [-0.39, 0.29) is 6.42 Å². The van der Waals surface area contributed by atoms with Crippen LogP contribution in [0.2, 0.25) is 0 Å². The minimum absolute atomic E-state index is 0.0613. The van der Waals surface area contributed by atoms with Crippen LogP contribution in [0.1, 0.15) is 30.0 Å². The highest BCUT2D eigenvalue weighted by molar-refractivity contribution is 7.98. The standard InChI is InChI=1S/C20H21N3O2S3/c1-3-18-22-15-9-6-13(10-17(15)28-18)21-20(26)23-16(11-19(24)25)12-4-7-14(27-2)8-5-12/h4-10,16H,3,11H2,1-2H3,(H,24,25)(H2,21,23,26). The number of carbonyl (C=O) groups is 1. The zero-order chi connectivity index (χ0) is 20.1. The first kappa shape index (κ1) is 20.6. The lowest BCUT2D eigenvalue weighted by molar-refractivity contribution is -0.137. The molecule has 1 unspecified atom stereocenters. The number of thiazole rings is 1. The highest BCUT2D eigenvalue weighted by Gasteiger charge is 2.17. The third kappa shape index (κ3) is 5.21. The van der Waals surface area contributed by atoms with Gasteiger partial charge in [-0.05, 0) is 60.8 Å². The fraction of sp³-hybridized carbons (Fsp3) is 0.250. The molecule has 0 fully saturated rings. The van der Waals surface area contributed by atoms with Gasteiger partial charge in [0.15, 0.2) is 5.11 Å². The van der Waals surface area contributed by atoms with Crippen LogP contribution in [0, 0.1) is 0 Å². The summed E-state index contributed by atoms with van der Waals surface area (Å²) in [5.74, 6) is -0.882. The number of carboxylic acid groups (broad SMARTS) is 1. The maximum Gasteiger partial charge on any atom is 0.305 e. The Balaban J connectivity index is 1.72. The number of hydrogen-bond acceptors (Lipinski definition) is 5. The average Bonchev–Trinajstić information content (AvgIpc) is 3.09. The number of thiocarbonyl (C=S) groups is 1. The summed E-state index contributed by atoms with van der Waals surface area (Å²) in [5, 5.41) is 17.1. The highest BCUT2D eigenvalue weighted by atomic mass is 32.2. The molecule has 3 rings (SSSR count). The molecule has 8 heteroatoms. The zero-order valence-electron chi connectivity index (χ0n) is 15.6. The van der Waals surface area contributed by atoms with Gasteiger partial charge in [0.05, 0.1) is 27.7 Å². The predicted octanol–water partition coefficient (Wildman–Crippen LogP) is 5.08. The number of aryl methyl sites for hydroxylation is 1. The van der Waals surface area contributed by atoms with Gasteiger partial charge in [0.25, 0.3) is 0 Å². The Bertz CT molecular complexity index is 986. The number of fused-ring (bicyclic) bond motifs is 1. The number of anilines is 1. The summed E-state index contributed by atoms with van der Waals surface area (Å²) in [6.45, 7) is 2.09. The number of benzene rings is 2. The summed E-state index contributed by atoms with van der Waals surface area (Å²) in [6, 6.07) is 13.3. The topological polar surface area (TPSA) is 74.2 Å². The summed E-state index contributed by atoms with van der Waals surface area (Å²) in [6.07, 6.45) is 2.85. The molecule has 0 bridgehead atoms. The van der Waals surface area contributed by atoms with E-state index in [1.165, 1.54) is 0 Å². The van der Waals surface area contributed by atoms with Crippen LogP contribution in [0.15, 0.2) is 47.4 Å². The van der Waals surface area contributed by atoms with Gasteiger partial charge in [0.1, 0.15) is 0 Å². The molecule has 0 saturated heterocycles. The quantitative estimate of drug-likeness (QED) is 0.356. The molecule has 0 saturated carbocycles. The lowest BCUT2D eigenvalue weighted by Gasteiger charge is -2.20. The molecule has 0 aliphatic carbocycles. The molecular formula is C20H21N3O2S3. The number of hydrogen-bond donors (Lipinski definition) is 3. The van der Waals surface area contributed by atoms with E-state index < -0.39 is 12.0 Å². The number of carboxylic acids is 1. The fourth-order valence-electron chi connectivity index (χ4n) is 2.79. The van der Waals surface area contributed by atoms with E-state index >= 15 is 0 Å². The van der Waals surface area contributed by atoms with E-state index in [0.717, 1.165) is 37.8 Å². The van der Waals surface area contributed by atoms with Crippen LogP contribution in [0.25, 0.3) is 10.2 Å². The third-order valence-electron chi connectivity index (χ3n) is 4.20. The van der Waals surface area contributed by atoms with Gasteiger partial charge in [-0.3, -0.25) is 4.79 Å². The summed E-state index contributed by atoms with van der Waals surface area (Å²) in [5.41, 5.74) is 2.71. The first-order valence-electron chi connectivity index (χ1n) is 8.81. The highest BCUT2D eigenvalue weighted by Crippen LogP contribution is 2.26. The van der Waals surface area contributed by atoms with Crippen molar-refractivity contribution >= 4 is 62.3 Å². The van der Waals surface area contributed by atoms with Crippen LogP contribution in [0.5, 0.6) is 0 Å². The molecule has 5 nitrogen and oxygen atoms in total. The maximum absolute atomic E-state index is 11.3. The SMILES string of the molecule is CCc1nc2ccc(NC(=S)NC(CC(=O)O)c3ccc(SC)cc3)cc2s1. The van der Waals surface area contributed by atoms with Gasteiger partial charge in [-0.25, -0.2) is 4.98 Å². The molecule has 2 aromatic carbocycles. The maximum atomic E-state index is 11.3. The van der Waals surface area contributed by atoms with E-state index in [1.54, 1.807) is 23.1 Å². The fourth-order valence-corrected chi connectivity index (χ4v) is 4.40. The minimum atomic E-state index is -0.882. The third-order valence-corrected chi connectivity index (χ3v) is 6.32. The van der Waals surface area contributed by atoms with Crippen LogP contribution in [-0.4, -0.2) is 27.4 Å². The molecule has 3 aromatic rings. The molecule has 1 aromatic heterocycles. The van der Waals surface area contributed by atoms with Crippen molar-refractivity contribution in [1.29, 1.82) is 0 Å². The first-order chi connectivity index (χ1) is 13.5. The van der Waals surface area contributed by atoms with Crippen molar-refractivity contribution in [2.45, 2.75) is 30.7 Å². The number of aliphatic carboxylic acids is 1. The van der Waals surface area contributed by atoms with Crippen LogP contribution >= 0.6 is 35.3 Å². The minimum Gasteiger partial charge on any atom is -0.481 e. The normalized spacial score (nSPS) is 11.9. The Morgan fingerprint density at radius 3 is 2.68 bits per heavy atom. The average molecular weight is 432 g/mol. The number of nitrogens with zero attached hydrogens (tertiary/aromatic N) is 1. The van der Waals surface area contributed by atoms with Gasteiger partial charge < -0.3 is 15.7 Å². The van der Waals surface area contributed by atoms with Gasteiger partial charge in [-0.15, -0.1) is 23.1 Å². The molecule has 1 atom stereocenters. The Labute approximate surface area is 177 Å². The number of aromatic nitrogens is 1. The molecule has 1 heterocycles. The molecule has 0 aliphatic heterocycles. The number of nitrogens with one attached hydrogen (secondary N) is 2. The summed E-state index contributed by atoms with van der Waals surface area (Å²) in [7, 11) is 0. The molecule has 0 spiro atoms. The van der Waals surface area contributed by atoms with Crippen LogP contribution in [-0.2, 0) is 11.2 Å². The van der Waals surface area contributed by atoms with Gasteiger partial charge in [-0.1, -0.05) is 19.1 Å². The number of rotatable bonds is 7. The monoisotopic (exact) mass is 431 g/mol. The second kappa shape index (κ2) is 9.36. The van der Waals surface area contributed by atoms with Crippen molar-refractivity contribution in [2.75, 3.05) is 11.6 Å². The summed E-state index contributed by atoms with van der Waals surface area (Å²) < 4.78 is 1.10. The summed E-state index contributed by atoms with van der Waals surface area (Å²) in [4.78, 5) is 17.0. The van der Waals surface area contributed by atoms with Crippen LogP contribution in [0.3, 0.4) is 0 Å². The molecule has 146 valence electrons. The van der Waals surface area contributed by atoms with Gasteiger partial charge >= 0.3 is 5.97 Å². The Morgan fingerprint density at radius 2 is 2.04 bits per heavy atom. The van der Waals surface area contributed by atoms with Crippen molar-refractivity contribution in [2.24, 2.45) is 0 Å². The lowest BCUT2D eigenvalue weighted by Crippen LogP contribution is -2.33. The molecule has 0 aliphatic rings. The van der Waals surface area contributed by atoms with Crippen molar-refractivity contribution in [3.63, 3.8) is 0 Å². The Kier molecular flexibility index (Phi) is 6.88. The molecule has 28 heavy (non-hydrogen) atoms. The smallest absolute Gasteiger partial charge is 0.305 e. The van der Waals surface area contributed by atoms with Crippen molar-refractivity contribution < 1.29 is 9.90 Å². The number of thioether (sulfide) groups is 1. The van der Waals surface area contributed by atoms with E-state index in [4.69, 9.17) is 12.2 Å². The molecule has 0 radical (unpaired) electrons. The predicted molar refractivity (Wildman–Crippen MR) is 122 cm³/mol. The second-order valence-electron chi connectivity index (χ2n) is 6.17. The van der Waals surface area contributed by atoms with Crippen molar-refractivity contribution in [3.05, 3.63) is 53.0 Å². The second-order valence-corrected chi connectivity index (χ2v) is 8.57. The molecule has 3 N–H and O–H groups in total. The van der Waals surface area contributed by atoms with Crippen molar-refractivity contribution in [3.8, 4) is 0 Å². The summed E-state index contributed by atoms with van der Waals surface area (Å²) >= 11 is 8.74. The van der Waals surface area contributed by atoms with E-state index in [9.17, 15) is 9.90 Å². The zero-order valence-corrected chi connectivity index (χ0v) is 18.0. The Morgan fingerprint density at radius 1 is 1.29 bits per heavy atom. The van der Waals surface area contributed by atoms with Crippen LogP contribution in [0.4, 0.5) is 5.69 Å². The largest absolute Gasteiger partial charge is 0.481 e. The van der Waals surface area contributed by atoms with Gasteiger partial charge in [0.2, 0.25) is 0 Å². The first-order valence-corrected chi connectivity index (χ1v) is 11.3. The van der Waals surface area contributed by atoms with E-state index in [0.29, 0.717) is 5.11 Å².